The third-order valence-corrected chi connectivity index (χ3v) is 4.86. The van der Waals surface area contributed by atoms with Crippen LogP contribution in [-0.2, 0) is 4.79 Å². The number of aromatic amines is 1. The number of hydrogen-bond donors (Lipinski definition) is 2. The topological polar surface area (TPSA) is 74.8 Å². The maximum absolute atomic E-state index is 12.2. The Morgan fingerprint density at radius 1 is 1.11 bits per heavy atom. The van der Waals surface area contributed by atoms with Gasteiger partial charge in [0.05, 0.1) is 11.4 Å². The SMILES string of the molecule is CC(C)c1ccc(NC(=O)CSc2nc(-c3ccccc3)cc(=O)[nH]2)cc1. The van der Waals surface area contributed by atoms with E-state index < -0.39 is 0 Å². The van der Waals surface area contributed by atoms with Gasteiger partial charge in [-0.3, -0.25) is 9.59 Å². The van der Waals surface area contributed by atoms with Crippen molar-refractivity contribution in [2.75, 3.05) is 11.1 Å². The Labute approximate surface area is 162 Å². The second kappa shape index (κ2) is 8.68. The van der Waals surface area contributed by atoms with E-state index in [0.29, 0.717) is 16.8 Å². The molecule has 138 valence electrons. The van der Waals surface area contributed by atoms with E-state index in [0.717, 1.165) is 11.3 Å². The first kappa shape index (κ1) is 18.9. The summed E-state index contributed by atoms with van der Waals surface area (Å²) in [7, 11) is 0. The second-order valence-corrected chi connectivity index (χ2v) is 7.38. The number of anilines is 1. The van der Waals surface area contributed by atoms with Gasteiger partial charge in [-0.1, -0.05) is 68.1 Å². The minimum absolute atomic E-state index is 0.148. The maximum atomic E-state index is 12.2. The normalized spacial score (nSPS) is 10.8. The number of thioether (sulfide) groups is 1. The van der Waals surface area contributed by atoms with E-state index >= 15 is 0 Å². The molecule has 27 heavy (non-hydrogen) atoms. The van der Waals surface area contributed by atoms with Crippen LogP contribution in [0, 0.1) is 0 Å². The van der Waals surface area contributed by atoms with Crippen molar-refractivity contribution in [3.05, 3.63) is 76.6 Å². The molecule has 2 N–H and O–H groups in total. The maximum Gasteiger partial charge on any atom is 0.252 e. The minimum atomic E-state index is -0.240. The number of aromatic nitrogens is 2. The molecule has 0 saturated carbocycles. The van der Waals surface area contributed by atoms with Gasteiger partial charge >= 0.3 is 0 Å². The van der Waals surface area contributed by atoms with Crippen LogP contribution in [0.15, 0.2) is 70.6 Å². The predicted octanol–water partition coefficient (Wildman–Crippen LogP) is 4.29. The van der Waals surface area contributed by atoms with E-state index in [9.17, 15) is 9.59 Å². The van der Waals surface area contributed by atoms with Crippen LogP contribution in [0.4, 0.5) is 5.69 Å². The summed E-state index contributed by atoms with van der Waals surface area (Å²) in [5.41, 5.74) is 3.19. The molecule has 1 heterocycles. The van der Waals surface area contributed by atoms with E-state index in [1.54, 1.807) is 0 Å². The largest absolute Gasteiger partial charge is 0.325 e. The van der Waals surface area contributed by atoms with Gasteiger partial charge in [0.1, 0.15) is 0 Å². The molecule has 1 amide bonds. The number of amides is 1. The molecule has 0 saturated heterocycles. The molecule has 0 aliphatic rings. The van der Waals surface area contributed by atoms with E-state index in [2.05, 4.69) is 29.1 Å². The number of benzene rings is 2. The van der Waals surface area contributed by atoms with Crippen LogP contribution < -0.4 is 10.9 Å². The summed E-state index contributed by atoms with van der Waals surface area (Å²) in [6.45, 7) is 4.25. The van der Waals surface area contributed by atoms with Crippen LogP contribution in [0.25, 0.3) is 11.3 Å². The van der Waals surface area contributed by atoms with Crippen molar-refractivity contribution in [3.63, 3.8) is 0 Å². The number of carbonyl (C=O) groups excluding carboxylic acids is 1. The van der Waals surface area contributed by atoms with Gasteiger partial charge in [0, 0.05) is 17.3 Å². The standard InChI is InChI=1S/C21H21N3O2S/c1-14(2)15-8-10-17(11-9-15)22-20(26)13-27-21-23-18(12-19(25)24-21)16-6-4-3-5-7-16/h3-12,14H,13H2,1-2H3,(H,22,26)(H,23,24,25). The zero-order chi connectivity index (χ0) is 19.2. The van der Waals surface area contributed by atoms with Crippen LogP contribution in [0.2, 0.25) is 0 Å². The number of nitrogens with one attached hydrogen (secondary N) is 2. The van der Waals surface area contributed by atoms with E-state index in [1.807, 2.05) is 54.6 Å². The lowest BCUT2D eigenvalue weighted by Gasteiger charge is -2.08. The molecule has 0 atom stereocenters. The molecular formula is C21H21N3O2S. The molecule has 0 aliphatic carbocycles. The summed E-state index contributed by atoms with van der Waals surface area (Å²) in [6, 6.07) is 18.7. The van der Waals surface area contributed by atoms with Crippen LogP contribution >= 0.6 is 11.8 Å². The Morgan fingerprint density at radius 3 is 2.48 bits per heavy atom. The van der Waals surface area contributed by atoms with Gasteiger partial charge in [0.2, 0.25) is 5.91 Å². The molecule has 6 heteroatoms. The van der Waals surface area contributed by atoms with Crippen molar-refractivity contribution < 1.29 is 4.79 Å². The lowest BCUT2D eigenvalue weighted by atomic mass is 10.0. The lowest BCUT2D eigenvalue weighted by molar-refractivity contribution is -0.113. The zero-order valence-corrected chi connectivity index (χ0v) is 16.0. The third kappa shape index (κ3) is 5.31. The van der Waals surface area contributed by atoms with Crippen LogP contribution in [0.5, 0.6) is 0 Å². The van der Waals surface area contributed by atoms with E-state index in [1.165, 1.54) is 23.4 Å². The number of hydrogen-bond acceptors (Lipinski definition) is 4. The molecule has 0 radical (unpaired) electrons. The Kier molecular flexibility index (Phi) is 6.08. The van der Waals surface area contributed by atoms with Crippen molar-refractivity contribution in [2.45, 2.75) is 24.9 Å². The molecule has 0 bridgehead atoms. The third-order valence-electron chi connectivity index (χ3n) is 3.99. The van der Waals surface area contributed by atoms with Crippen LogP contribution in [0.3, 0.4) is 0 Å². The number of carbonyl (C=O) groups is 1. The number of H-pyrrole nitrogens is 1. The molecule has 0 unspecified atom stereocenters. The molecule has 0 aliphatic heterocycles. The molecule has 1 aromatic heterocycles. The average molecular weight is 379 g/mol. The number of rotatable bonds is 6. The molecule has 2 aromatic carbocycles. The van der Waals surface area contributed by atoms with Gasteiger partial charge in [-0.25, -0.2) is 4.98 Å². The van der Waals surface area contributed by atoms with Gasteiger partial charge in [-0.05, 0) is 23.6 Å². The molecule has 5 nitrogen and oxygen atoms in total. The summed E-state index contributed by atoms with van der Waals surface area (Å²) in [5.74, 6) is 0.461. The fourth-order valence-electron chi connectivity index (χ4n) is 2.54. The van der Waals surface area contributed by atoms with Crippen LogP contribution in [0.1, 0.15) is 25.3 Å². The first-order valence-corrected chi connectivity index (χ1v) is 9.69. The fraction of sp³-hybridized carbons (Fsp3) is 0.190. The molecular weight excluding hydrogens is 358 g/mol. The van der Waals surface area contributed by atoms with Gasteiger partial charge in [-0.2, -0.15) is 0 Å². The predicted molar refractivity (Wildman–Crippen MR) is 110 cm³/mol. The van der Waals surface area contributed by atoms with Crippen LogP contribution in [-0.4, -0.2) is 21.6 Å². The Balaban J connectivity index is 1.63. The quantitative estimate of drug-likeness (QED) is 0.495. The molecule has 3 aromatic rings. The highest BCUT2D eigenvalue weighted by Crippen LogP contribution is 2.20. The Morgan fingerprint density at radius 2 is 1.81 bits per heavy atom. The van der Waals surface area contributed by atoms with E-state index in [4.69, 9.17) is 0 Å². The van der Waals surface area contributed by atoms with Crippen molar-refractivity contribution in [2.24, 2.45) is 0 Å². The highest BCUT2D eigenvalue weighted by atomic mass is 32.2. The highest BCUT2D eigenvalue weighted by Gasteiger charge is 2.08. The Hall–Kier alpha value is -2.86. The van der Waals surface area contributed by atoms with Gasteiger partial charge < -0.3 is 10.3 Å². The van der Waals surface area contributed by atoms with Gasteiger partial charge in [0.15, 0.2) is 5.16 Å². The average Bonchev–Trinajstić information content (AvgIpc) is 2.67. The first-order chi connectivity index (χ1) is 13.0. The molecule has 0 spiro atoms. The summed E-state index contributed by atoms with van der Waals surface area (Å²) in [5, 5.41) is 3.28. The number of nitrogens with zero attached hydrogens (tertiary/aromatic N) is 1. The minimum Gasteiger partial charge on any atom is -0.325 e. The molecule has 0 fully saturated rings. The van der Waals surface area contributed by atoms with Gasteiger partial charge in [0.25, 0.3) is 5.56 Å². The van der Waals surface area contributed by atoms with Crippen molar-refractivity contribution in [1.82, 2.24) is 9.97 Å². The summed E-state index contributed by atoms with van der Waals surface area (Å²) in [4.78, 5) is 31.2. The lowest BCUT2D eigenvalue weighted by Crippen LogP contribution is -2.15. The summed E-state index contributed by atoms with van der Waals surface area (Å²) in [6.07, 6.45) is 0. The summed E-state index contributed by atoms with van der Waals surface area (Å²) < 4.78 is 0. The highest BCUT2D eigenvalue weighted by molar-refractivity contribution is 7.99. The molecule has 3 rings (SSSR count). The van der Waals surface area contributed by atoms with Crippen molar-refractivity contribution >= 4 is 23.4 Å². The first-order valence-electron chi connectivity index (χ1n) is 8.70. The fourth-order valence-corrected chi connectivity index (χ4v) is 3.22. The van der Waals surface area contributed by atoms with Crippen molar-refractivity contribution in [1.29, 1.82) is 0 Å². The van der Waals surface area contributed by atoms with Gasteiger partial charge in [-0.15, -0.1) is 0 Å². The monoisotopic (exact) mass is 379 g/mol. The van der Waals surface area contributed by atoms with E-state index in [-0.39, 0.29) is 17.2 Å². The van der Waals surface area contributed by atoms with Crippen molar-refractivity contribution in [3.8, 4) is 11.3 Å². The second-order valence-electron chi connectivity index (χ2n) is 6.42. The Bertz CT molecular complexity index is 967. The smallest absolute Gasteiger partial charge is 0.252 e. The zero-order valence-electron chi connectivity index (χ0n) is 15.2. The summed E-state index contributed by atoms with van der Waals surface area (Å²) >= 11 is 1.20.